The molecule has 1 aliphatic rings. The van der Waals surface area contributed by atoms with Crippen molar-refractivity contribution in [2.24, 2.45) is 0 Å². The summed E-state index contributed by atoms with van der Waals surface area (Å²) in [7, 11) is 0. The summed E-state index contributed by atoms with van der Waals surface area (Å²) in [5, 5.41) is 3.81. The van der Waals surface area contributed by atoms with Crippen LogP contribution in [0.25, 0.3) is 0 Å². The molecule has 5 nitrogen and oxygen atoms in total. The van der Waals surface area contributed by atoms with Crippen LogP contribution >= 0.6 is 27.5 Å². The predicted octanol–water partition coefficient (Wildman–Crippen LogP) is 3.70. The fourth-order valence-electron chi connectivity index (χ4n) is 2.89. The van der Waals surface area contributed by atoms with E-state index in [-0.39, 0.29) is 11.9 Å². The van der Waals surface area contributed by atoms with Gasteiger partial charge in [0.05, 0.1) is 0 Å². The van der Waals surface area contributed by atoms with E-state index in [4.69, 9.17) is 16.3 Å². The number of likely N-dealkylation sites (tertiary alicyclic amines) is 1. The molecule has 0 aliphatic carbocycles. The highest BCUT2D eigenvalue weighted by Crippen LogP contribution is 2.16. The minimum Gasteiger partial charge on any atom is -0.492 e. The lowest BCUT2D eigenvalue weighted by Gasteiger charge is -2.32. The molecule has 1 aliphatic heterocycles. The van der Waals surface area contributed by atoms with Gasteiger partial charge >= 0.3 is 0 Å². The first kappa shape index (κ1) is 18.3. The number of rotatable bonds is 6. The summed E-state index contributed by atoms with van der Waals surface area (Å²) >= 11 is 9.20. The lowest BCUT2D eigenvalue weighted by molar-refractivity contribution is 0.0901. The molecule has 0 radical (unpaired) electrons. The van der Waals surface area contributed by atoms with E-state index in [1.54, 1.807) is 12.3 Å². The minimum atomic E-state index is -0.0461. The third-order valence-electron chi connectivity index (χ3n) is 4.31. The number of carbonyl (C=O) groups excluding carboxylic acids is 1. The Morgan fingerprint density at radius 3 is 2.68 bits per heavy atom. The molecule has 2 N–H and O–H groups in total. The highest BCUT2D eigenvalue weighted by Gasteiger charge is 2.21. The molecule has 0 bridgehead atoms. The SMILES string of the molecule is O=C(NC1CCN(CCOc2ccc(Cl)cc2)CC1)c1cc(Br)c[nH]1. The Morgan fingerprint density at radius 1 is 1.32 bits per heavy atom. The summed E-state index contributed by atoms with van der Waals surface area (Å²) in [6.07, 6.45) is 3.67. The molecule has 1 saturated heterocycles. The third kappa shape index (κ3) is 5.49. The molecule has 3 rings (SSSR count). The van der Waals surface area contributed by atoms with E-state index >= 15 is 0 Å². The number of ether oxygens (including phenoxy) is 1. The van der Waals surface area contributed by atoms with Crippen molar-refractivity contribution in [2.45, 2.75) is 18.9 Å². The van der Waals surface area contributed by atoms with Crippen molar-refractivity contribution < 1.29 is 9.53 Å². The fourth-order valence-corrected chi connectivity index (χ4v) is 3.36. The second-order valence-electron chi connectivity index (χ2n) is 6.12. The van der Waals surface area contributed by atoms with Crippen molar-refractivity contribution in [2.75, 3.05) is 26.2 Å². The third-order valence-corrected chi connectivity index (χ3v) is 5.01. The van der Waals surface area contributed by atoms with Crippen molar-refractivity contribution in [1.29, 1.82) is 0 Å². The fraction of sp³-hybridized carbons (Fsp3) is 0.389. The standard InChI is InChI=1S/C18H21BrClN3O2/c19-13-11-17(21-12-13)18(24)22-15-5-7-23(8-6-15)9-10-25-16-3-1-14(20)2-4-16/h1-4,11-12,15,21H,5-10H2,(H,22,24). The van der Waals surface area contributed by atoms with Crippen LogP contribution in [0.1, 0.15) is 23.3 Å². The summed E-state index contributed by atoms with van der Waals surface area (Å²) < 4.78 is 6.62. The smallest absolute Gasteiger partial charge is 0.267 e. The molecule has 134 valence electrons. The van der Waals surface area contributed by atoms with Gasteiger partial charge in [-0.05, 0) is 59.1 Å². The number of hydrogen-bond donors (Lipinski definition) is 2. The van der Waals surface area contributed by atoms with Gasteiger partial charge in [0, 0.05) is 41.4 Å². The van der Waals surface area contributed by atoms with Gasteiger partial charge < -0.3 is 15.0 Å². The van der Waals surface area contributed by atoms with Crippen LogP contribution in [0.15, 0.2) is 41.0 Å². The lowest BCUT2D eigenvalue weighted by atomic mass is 10.0. The molecule has 0 spiro atoms. The van der Waals surface area contributed by atoms with Gasteiger partial charge in [0.1, 0.15) is 18.1 Å². The van der Waals surface area contributed by atoms with Crippen molar-refractivity contribution in [3.8, 4) is 5.75 Å². The number of nitrogens with zero attached hydrogens (tertiary/aromatic N) is 1. The van der Waals surface area contributed by atoms with Gasteiger partial charge in [-0.15, -0.1) is 0 Å². The Hall–Kier alpha value is -1.50. The molecule has 1 amide bonds. The van der Waals surface area contributed by atoms with Crippen molar-refractivity contribution in [1.82, 2.24) is 15.2 Å². The Labute approximate surface area is 160 Å². The minimum absolute atomic E-state index is 0.0461. The molecule has 25 heavy (non-hydrogen) atoms. The van der Waals surface area contributed by atoms with E-state index in [2.05, 4.69) is 31.1 Å². The van der Waals surface area contributed by atoms with Crippen LogP contribution in [0.4, 0.5) is 0 Å². The lowest BCUT2D eigenvalue weighted by Crippen LogP contribution is -2.45. The molecular formula is C18H21BrClN3O2. The molecular weight excluding hydrogens is 406 g/mol. The van der Waals surface area contributed by atoms with Crippen molar-refractivity contribution in [3.63, 3.8) is 0 Å². The zero-order valence-corrected chi connectivity index (χ0v) is 16.1. The van der Waals surface area contributed by atoms with Crippen LogP contribution in [0.2, 0.25) is 5.02 Å². The van der Waals surface area contributed by atoms with E-state index < -0.39 is 0 Å². The Kier molecular flexibility index (Phi) is 6.39. The van der Waals surface area contributed by atoms with Crippen LogP contribution < -0.4 is 10.1 Å². The maximum absolute atomic E-state index is 12.2. The molecule has 0 unspecified atom stereocenters. The van der Waals surface area contributed by atoms with Gasteiger partial charge in [-0.25, -0.2) is 0 Å². The second kappa shape index (κ2) is 8.74. The Morgan fingerprint density at radius 2 is 2.04 bits per heavy atom. The largest absolute Gasteiger partial charge is 0.492 e. The average Bonchev–Trinajstić information content (AvgIpc) is 3.05. The summed E-state index contributed by atoms with van der Waals surface area (Å²) in [4.78, 5) is 17.5. The van der Waals surface area contributed by atoms with Crippen LogP contribution in [-0.2, 0) is 0 Å². The zero-order valence-electron chi connectivity index (χ0n) is 13.8. The molecule has 1 aromatic heterocycles. The van der Waals surface area contributed by atoms with E-state index in [9.17, 15) is 4.79 Å². The number of amides is 1. The van der Waals surface area contributed by atoms with E-state index in [0.717, 1.165) is 42.7 Å². The predicted molar refractivity (Wildman–Crippen MR) is 102 cm³/mol. The molecule has 2 aromatic rings. The highest BCUT2D eigenvalue weighted by atomic mass is 79.9. The molecule has 1 aromatic carbocycles. The summed E-state index contributed by atoms with van der Waals surface area (Å²) in [5.74, 6) is 0.791. The normalized spacial score (nSPS) is 15.9. The van der Waals surface area contributed by atoms with Gasteiger partial charge in [-0.2, -0.15) is 0 Å². The molecule has 1 fully saturated rings. The van der Waals surface area contributed by atoms with E-state index in [1.165, 1.54) is 0 Å². The summed E-state index contributed by atoms with van der Waals surface area (Å²) in [5.41, 5.74) is 0.589. The maximum Gasteiger partial charge on any atom is 0.267 e. The number of aromatic amines is 1. The number of carbonyl (C=O) groups is 1. The monoisotopic (exact) mass is 425 g/mol. The first-order valence-corrected chi connectivity index (χ1v) is 9.53. The van der Waals surface area contributed by atoms with Gasteiger partial charge in [-0.3, -0.25) is 9.69 Å². The Balaban J connectivity index is 1.35. The quantitative estimate of drug-likeness (QED) is 0.740. The number of nitrogens with one attached hydrogen (secondary N) is 2. The number of benzene rings is 1. The number of H-pyrrole nitrogens is 1. The molecule has 0 atom stereocenters. The van der Waals surface area contributed by atoms with Gasteiger partial charge in [0.2, 0.25) is 0 Å². The van der Waals surface area contributed by atoms with Gasteiger partial charge in [0.25, 0.3) is 5.91 Å². The van der Waals surface area contributed by atoms with Crippen molar-refractivity contribution in [3.05, 3.63) is 51.7 Å². The first-order chi connectivity index (χ1) is 12.1. The van der Waals surface area contributed by atoms with Crippen LogP contribution in [0.3, 0.4) is 0 Å². The van der Waals surface area contributed by atoms with E-state index in [0.29, 0.717) is 17.3 Å². The van der Waals surface area contributed by atoms with Crippen LogP contribution in [-0.4, -0.2) is 48.1 Å². The molecule has 0 saturated carbocycles. The number of piperidine rings is 1. The number of hydrogen-bond acceptors (Lipinski definition) is 3. The van der Waals surface area contributed by atoms with E-state index in [1.807, 2.05) is 24.3 Å². The van der Waals surface area contributed by atoms with Crippen LogP contribution in [0.5, 0.6) is 5.75 Å². The second-order valence-corrected chi connectivity index (χ2v) is 7.48. The number of aromatic nitrogens is 1. The molecule has 7 heteroatoms. The average molecular weight is 427 g/mol. The number of halogens is 2. The van der Waals surface area contributed by atoms with Crippen molar-refractivity contribution >= 4 is 33.4 Å². The van der Waals surface area contributed by atoms with Crippen LogP contribution in [0, 0.1) is 0 Å². The topological polar surface area (TPSA) is 57.4 Å². The molecule has 2 heterocycles. The van der Waals surface area contributed by atoms with Gasteiger partial charge in [-0.1, -0.05) is 11.6 Å². The Bertz CT molecular complexity index is 697. The summed E-state index contributed by atoms with van der Waals surface area (Å²) in [6, 6.07) is 9.43. The zero-order chi connectivity index (χ0) is 17.6. The summed E-state index contributed by atoms with van der Waals surface area (Å²) in [6.45, 7) is 3.45. The maximum atomic E-state index is 12.2. The first-order valence-electron chi connectivity index (χ1n) is 8.35. The van der Waals surface area contributed by atoms with Gasteiger partial charge in [0.15, 0.2) is 0 Å². The highest BCUT2D eigenvalue weighted by molar-refractivity contribution is 9.10.